The first-order valence-corrected chi connectivity index (χ1v) is 8.27. The first-order chi connectivity index (χ1) is 12.1. The zero-order chi connectivity index (χ0) is 17.6. The highest BCUT2D eigenvalue weighted by atomic mass is 19.1. The van der Waals surface area contributed by atoms with Gasteiger partial charge in [0.15, 0.2) is 0 Å². The van der Waals surface area contributed by atoms with E-state index in [1.165, 1.54) is 6.07 Å². The summed E-state index contributed by atoms with van der Waals surface area (Å²) < 4.78 is 13.7. The second-order valence-corrected chi connectivity index (χ2v) is 5.93. The first kappa shape index (κ1) is 16.9. The fourth-order valence-corrected chi connectivity index (χ4v) is 2.57. The first-order valence-electron chi connectivity index (χ1n) is 8.27. The Kier molecular flexibility index (Phi) is 5.23. The van der Waals surface area contributed by atoms with Crippen LogP contribution in [0.5, 0.6) is 0 Å². The minimum absolute atomic E-state index is 0.184. The number of benzene rings is 2. The van der Waals surface area contributed by atoms with Gasteiger partial charge in [0.2, 0.25) is 5.95 Å². The van der Waals surface area contributed by atoms with Gasteiger partial charge in [-0.1, -0.05) is 36.4 Å². The SMILES string of the molecule is Cc1cc(Nc2ccccc2C)nc(NCCc2ccccc2F)n1. The molecular weight excluding hydrogens is 315 g/mol. The van der Waals surface area contributed by atoms with Crippen molar-refractivity contribution in [1.29, 1.82) is 0 Å². The number of aromatic nitrogens is 2. The van der Waals surface area contributed by atoms with Crippen molar-refractivity contribution >= 4 is 17.5 Å². The van der Waals surface area contributed by atoms with E-state index in [2.05, 4.69) is 20.6 Å². The van der Waals surface area contributed by atoms with Crippen LogP contribution in [0.4, 0.5) is 21.8 Å². The summed E-state index contributed by atoms with van der Waals surface area (Å²) in [5.74, 6) is 1.08. The van der Waals surface area contributed by atoms with Crippen LogP contribution in [0.2, 0.25) is 0 Å². The van der Waals surface area contributed by atoms with Crippen molar-refractivity contribution in [3.8, 4) is 0 Å². The molecule has 1 heterocycles. The third kappa shape index (κ3) is 4.53. The van der Waals surface area contributed by atoms with Crippen molar-refractivity contribution in [3.05, 3.63) is 77.2 Å². The van der Waals surface area contributed by atoms with Crippen LogP contribution >= 0.6 is 0 Å². The Bertz CT molecular complexity index is 864. The molecule has 2 N–H and O–H groups in total. The van der Waals surface area contributed by atoms with E-state index < -0.39 is 0 Å². The maximum Gasteiger partial charge on any atom is 0.224 e. The van der Waals surface area contributed by atoms with E-state index in [1.807, 2.05) is 50.2 Å². The van der Waals surface area contributed by atoms with Gasteiger partial charge in [-0.2, -0.15) is 4.98 Å². The molecule has 5 heteroatoms. The summed E-state index contributed by atoms with van der Waals surface area (Å²) in [5.41, 5.74) is 3.70. The average Bonchev–Trinajstić information content (AvgIpc) is 2.58. The Morgan fingerprint density at radius 2 is 1.72 bits per heavy atom. The highest BCUT2D eigenvalue weighted by molar-refractivity contribution is 5.61. The zero-order valence-electron chi connectivity index (χ0n) is 14.4. The summed E-state index contributed by atoms with van der Waals surface area (Å²) >= 11 is 0. The Morgan fingerprint density at radius 1 is 0.960 bits per heavy atom. The van der Waals surface area contributed by atoms with Crippen LogP contribution in [0.3, 0.4) is 0 Å². The van der Waals surface area contributed by atoms with Gasteiger partial charge in [-0.3, -0.25) is 0 Å². The van der Waals surface area contributed by atoms with Crippen molar-refractivity contribution in [2.24, 2.45) is 0 Å². The van der Waals surface area contributed by atoms with Gasteiger partial charge in [0, 0.05) is 24.0 Å². The van der Waals surface area contributed by atoms with Crippen LogP contribution in [0.1, 0.15) is 16.8 Å². The van der Waals surface area contributed by atoms with Gasteiger partial charge in [-0.05, 0) is 43.5 Å². The second kappa shape index (κ2) is 7.75. The number of nitrogens with zero attached hydrogens (tertiary/aromatic N) is 2. The van der Waals surface area contributed by atoms with Crippen molar-refractivity contribution in [2.75, 3.05) is 17.2 Å². The van der Waals surface area contributed by atoms with Gasteiger partial charge in [-0.25, -0.2) is 9.37 Å². The average molecular weight is 336 g/mol. The molecule has 0 radical (unpaired) electrons. The van der Waals surface area contributed by atoms with Crippen LogP contribution in [0.25, 0.3) is 0 Å². The number of hydrogen-bond donors (Lipinski definition) is 2. The maximum atomic E-state index is 13.7. The molecule has 0 saturated carbocycles. The van der Waals surface area contributed by atoms with Gasteiger partial charge in [0.1, 0.15) is 11.6 Å². The van der Waals surface area contributed by atoms with Crippen LogP contribution in [-0.4, -0.2) is 16.5 Å². The number of nitrogens with one attached hydrogen (secondary N) is 2. The topological polar surface area (TPSA) is 49.8 Å². The predicted octanol–water partition coefficient (Wildman–Crippen LogP) is 4.63. The quantitative estimate of drug-likeness (QED) is 0.689. The molecule has 0 bridgehead atoms. The predicted molar refractivity (Wildman–Crippen MR) is 99.8 cm³/mol. The molecule has 0 fully saturated rings. The molecule has 0 amide bonds. The molecule has 2 aromatic carbocycles. The number of halogens is 1. The third-order valence-corrected chi connectivity index (χ3v) is 3.90. The molecule has 0 aliphatic rings. The number of aryl methyl sites for hydroxylation is 2. The lowest BCUT2D eigenvalue weighted by Crippen LogP contribution is -2.10. The summed E-state index contributed by atoms with van der Waals surface area (Å²) in [6.07, 6.45) is 0.574. The van der Waals surface area contributed by atoms with Crippen molar-refractivity contribution in [1.82, 2.24) is 9.97 Å². The molecule has 128 valence electrons. The van der Waals surface area contributed by atoms with E-state index in [0.717, 1.165) is 22.8 Å². The number of para-hydroxylation sites is 1. The van der Waals surface area contributed by atoms with Crippen molar-refractivity contribution < 1.29 is 4.39 Å². The Labute approximate surface area is 147 Å². The largest absolute Gasteiger partial charge is 0.354 e. The van der Waals surface area contributed by atoms with E-state index in [-0.39, 0.29) is 5.82 Å². The third-order valence-electron chi connectivity index (χ3n) is 3.90. The van der Waals surface area contributed by atoms with Gasteiger partial charge >= 0.3 is 0 Å². The van der Waals surface area contributed by atoms with E-state index in [4.69, 9.17) is 0 Å². The second-order valence-electron chi connectivity index (χ2n) is 5.93. The molecule has 0 aliphatic heterocycles. The van der Waals surface area contributed by atoms with E-state index >= 15 is 0 Å². The van der Waals surface area contributed by atoms with E-state index in [9.17, 15) is 4.39 Å². The number of anilines is 3. The van der Waals surface area contributed by atoms with Crippen LogP contribution < -0.4 is 10.6 Å². The van der Waals surface area contributed by atoms with Crippen molar-refractivity contribution in [3.63, 3.8) is 0 Å². The molecule has 0 unspecified atom stereocenters. The smallest absolute Gasteiger partial charge is 0.224 e. The molecule has 3 aromatic rings. The standard InChI is InChI=1S/C20H21FN4/c1-14-7-3-6-10-18(14)24-19-13-15(2)23-20(25-19)22-12-11-16-8-4-5-9-17(16)21/h3-10,13H,11-12H2,1-2H3,(H2,22,23,24,25). The van der Waals surface area contributed by atoms with E-state index in [0.29, 0.717) is 24.5 Å². The highest BCUT2D eigenvalue weighted by Gasteiger charge is 2.05. The maximum absolute atomic E-state index is 13.7. The molecule has 1 aromatic heterocycles. The highest BCUT2D eigenvalue weighted by Crippen LogP contribution is 2.20. The minimum Gasteiger partial charge on any atom is -0.354 e. The molecule has 25 heavy (non-hydrogen) atoms. The molecule has 0 aliphatic carbocycles. The fourth-order valence-electron chi connectivity index (χ4n) is 2.57. The van der Waals surface area contributed by atoms with Crippen molar-refractivity contribution in [2.45, 2.75) is 20.3 Å². The van der Waals surface area contributed by atoms with Crippen LogP contribution in [0.15, 0.2) is 54.6 Å². The monoisotopic (exact) mass is 336 g/mol. The van der Waals surface area contributed by atoms with Crippen LogP contribution in [0, 0.1) is 19.7 Å². The molecular formula is C20H21FN4. The fraction of sp³-hybridized carbons (Fsp3) is 0.200. The Morgan fingerprint density at radius 3 is 2.52 bits per heavy atom. The van der Waals surface area contributed by atoms with Gasteiger partial charge in [-0.15, -0.1) is 0 Å². The number of hydrogen-bond acceptors (Lipinski definition) is 4. The summed E-state index contributed by atoms with van der Waals surface area (Å²) in [5, 5.41) is 6.49. The van der Waals surface area contributed by atoms with Gasteiger partial charge < -0.3 is 10.6 Å². The molecule has 0 saturated heterocycles. The summed E-state index contributed by atoms with van der Waals surface area (Å²) in [7, 11) is 0. The lowest BCUT2D eigenvalue weighted by molar-refractivity contribution is 0.610. The lowest BCUT2D eigenvalue weighted by atomic mass is 10.1. The molecule has 0 atom stereocenters. The Hall–Kier alpha value is -2.95. The summed E-state index contributed by atoms with van der Waals surface area (Å²) in [6.45, 7) is 4.53. The minimum atomic E-state index is -0.184. The lowest BCUT2D eigenvalue weighted by Gasteiger charge is -2.11. The van der Waals surface area contributed by atoms with E-state index in [1.54, 1.807) is 12.1 Å². The van der Waals surface area contributed by atoms with Gasteiger partial charge in [0.05, 0.1) is 0 Å². The molecule has 3 rings (SSSR count). The zero-order valence-corrected chi connectivity index (χ0v) is 14.4. The van der Waals surface area contributed by atoms with Crippen LogP contribution in [-0.2, 0) is 6.42 Å². The van der Waals surface area contributed by atoms with Gasteiger partial charge in [0.25, 0.3) is 0 Å². The normalized spacial score (nSPS) is 10.5. The molecule has 0 spiro atoms. The summed E-state index contributed by atoms with van der Waals surface area (Å²) in [6, 6.07) is 16.7. The molecule has 4 nitrogen and oxygen atoms in total. The Balaban J connectivity index is 1.67. The number of rotatable bonds is 6. The summed E-state index contributed by atoms with van der Waals surface area (Å²) in [4.78, 5) is 8.89.